The number of hydrogen-bond donors (Lipinski definition) is 1. The van der Waals surface area contributed by atoms with Crippen LogP contribution in [0.5, 0.6) is 0 Å². The van der Waals surface area contributed by atoms with E-state index in [9.17, 15) is 14.7 Å². The van der Waals surface area contributed by atoms with Gasteiger partial charge in [-0.15, -0.1) is 0 Å². The highest BCUT2D eigenvalue weighted by Crippen LogP contribution is 2.35. The SMILES string of the molecule is C=C1OC(=O)C(C(=O)C[C@H]2O[C@H](C(C)C)[C@@H](C)C[C@@H]2C)=C1O. The highest BCUT2D eigenvalue weighted by Gasteiger charge is 2.39. The Morgan fingerprint density at radius 2 is 2.00 bits per heavy atom. The summed E-state index contributed by atoms with van der Waals surface area (Å²) < 4.78 is 10.8. The fraction of sp³-hybridized carbons (Fsp3) is 0.647. The van der Waals surface area contributed by atoms with Crippen LogP contribution in [0.25, 0.3) is 0 Å². The molecule has 0 amide bonds. The summed E-state index contributed by atoms with van der Waals surface area (Å²) in [5.41, 5.74) is -0.305. The van der Waals surface area contributed by atoms with Crippen molar-refractivity contribution >= 4 is 11.8 Å². The van der Waals surface area contributed by atoms with Gasteiger partial charge in [-0.1, -0.05) is 34.3 Å². The van der Waals surface area contributed by atoms with E-state index in [-0.39, 0.29) is 35.9 Å². The second kappa shape index (κ2) is 6.24. The van der Waals surface area contributed by atoms with Crippen molar-refractivity contribution in [3.63, 3.8) is 0 Å². The van der Waals surface area contributed by atoms with Crippen LogP contribution in [0.1, 0.15) is 40.5 Å². The largest absolute Gasteiger partial charge is 0.504 e. The van der Waals surface area contributed by atoms with Gasteiger partial charge in [-0.05, 0) is 24.2 Å². The van der Waals surface area contributed by atoms with E-state index in [1.807, 2.05) is 6.92 Å². The lowest BCUT2D eigenvalue weighted by Gasteiger charge is -2.41. The normalized spacial score (nSPS) is 32.6. The van der Waals surface area contributed by atoms with Crippen LogP contribution in [0.2, 0.25) is 0 Å². The molecule has 122 valence electrons. The van der Waals surface area contributed by atoms with Crippen LogP contribution in [0.15, 0.2) is 23.7 Å². The van der Waals surface area contributed by atoms with Gasteiger partial charge in [0.25, 0.3) is 0 Å². The molecule has 0 radical (unpaired) electrons. The number of esters is 1. The first-order chi connectivity index (χ1) is 10.2. The summed E-state index contributed by atoms with van der Waals surface area (Å²) in [5, 5.41) is 9.75. The van der Waals surface area contributed by atoms with Gasteiger partial charge in [-0.2, -0.15) is 0 Å². The van der Waals surface area contributed by atoms with Crippen LogP contribution in [-0.2, 0) is 19.1 Å². The molecule has 22 heavy (non-hydrogen) atoms. The summed E-state index contributed by atoms with van der Waals surface area (Å²) in [6.45, 7) is 11.8. The van der Waals surface area contributed by atoms with E-state index in [0.29, 0.717) is 11.8 Å². The molecule has 4 atom stereocenters. The Balaban J connectivity index is 2.11. The molecule has 1 N–H and O–H groups in total. The third kappa shape index (κ3) is 3.09. The van der Waals surface area contributed by atoms with Crippen LogP contribution in [0.4, 0.5) is 0 Å². The number of carbonyl (C=O) groups is 2. The molecule has 0 aromatic carbocycles. The quantitative estimate of drug-likeness (QED) is 0.638. The number of rotatable bonds is 4. The highest BCUT2D eigenvalue weighted by molar-refractivity contribution is 6.20. The third-order valence-electron chi connectivity index (χ3n) is 4.51. The zero-order valence-electron chi connectivity index (χ0n) is 13.6. The maximum atomic E-state index is 12.3. The molecule has 5 heteroatoms. The molecule has 0 unspecified atom stereocenters. The monoisotopic (exact) mass is 308 g/mol. The Morgan fingerprint density at radius 3 is 2.50 bits per heavy atom. The first kappa shape index (κ1) is 16.7. The van der Waals surface area contributed by atoms with Crippen LogP contribution in [0, 0.1) is 17.8 Å². The van der Waals surface area contributed by atoms with Crippen molar-refractivity contribution in [2.75, 3.05) is 0 Å². The van der Waals surface area contributed by atoms with Crippen LogP contribution in [-0.4, -0.2) is 29.1 Å². The first-order valence-electron chi connectivity index (χ1n) is 7.75. The number of carbonyl (C=O) groups excluding carboxylic acids is 2. The highest BCUT2D eigenvalue weighted by atomic mass is 16.6. The van der Waals surface area contributed by atoms with Crippen LogP contribution in [0.3, 0.4) is 0 Å². The Kier molecular flexibility index (Phi) is 4.75. The molecule has 0 saturated carbocycles. The second-order valence-corrected chi connectivity index (χ2v) is 6.74. The Hall–Kier alpha value is -1.62. The number of aliphatic hydroxyl groups excluding tert-OH is 1. The van der Waals surface area contributed by atoms with Gasteiger partial charge in [-0.25, -0.2) is 4.79 Å². The van der Waals surface area contributed by atoms with E-state index in [2.05, 4.69) is 32.1 Å². The molecule has 0 spiro atoms. The summed E-state index contributed by atoms with van der Waals surface area (Å²) in [6.07, 6.45) is 0.891. The van der Waals surface area contributed by atoms with Crippen molar-refractivity contribution in [2.45, 2.75) is 52.7 Å². The van der Waals surface area contributed by atoms with Crippen LogP contribution >= 0.6 is 0 Å². The summed E-state index contributed by atoms with van der Waals surface area (Å²) in [6, 6.07) is 0. The molecule has 1 saturated heterocycles. The van der Waals surface area contributed by atoms with Crippen molar-refractivity contribution < 1.29 is 24.2 Å². The maximum Gasteiger partial charge on any atom is 0.351 e. The molecule has 2 rings (SSSR count). The van der Waals surface area contributed by atoms with Crippen molar-refractivity contribution in [3.8, 4) is 0 Å². The van der Waals surface area contributed by atoms with Crippen molar-refractivity contribution in [3.05, 3.63) is 23.7 Å². The minimum atomic E-state index is -0.829. The second-order valence-electron chi connectivity index (χ2n) is 6.74. The summed E-state index contributed by atoms with van der Waals surface area (Å²) in [7, 11) is 0. The molecule has 2 aliphatic rings. The average molecular weight is 308 g/mol. The zero-order chi connectivity index (χ0) is 16.6. The minimum absolute atomic E-state index is 0.0683. The van der Waals surface area contributed by atoms with E-state index < -0.39 is 17.5 Å². The molecule has 0 aromatic rings. The molecular weight excluding hydrogens is 284 g/mol. The molecule has 2 aliphatic heterocycles. The lowest BCUT2D eigenvalue weighted by molar-refractivity contribution is -0.142. The van der Waals surface area contributed by atoms with E-state index in [1.54, 1.807) is 0 Å². The summed E-state index contributed by atoms with van der Waals surface area (Å²) >= 11 is 0. The average Bonchev–Trinajstić information content (AvgIpc) is 2.66. The molecule has 2 heterocycles. The lowest BCUT2D eigenvalue weighted by atomic mass is 9.80. The number of cyclic esters (lactones) is 1. The topological polar surface area (TPSA) is 72.8 Å². The van der Waals surface area contributed by atoms with Gasteiger partial charge in [-0.3, -0.25) is 4.79 Å². The fourth-order valence-electron chi connectivity index (χ4n) is 3.38. The Bertz CT molecular complexity index is 531. The van der Waals surface area contributed by atoms with Crippen molar-refractivity contribution in [2.24, 2.45) is 17.8 Å². The zero-order valence-corrected chi connectivity index (χ0v) is 13.6. The Labute approximate surface area is 131 Å². The number of ketones is 1. The fourth-order valence-corrected chi connectivity index (χ4v) is 3.38. The first-order valence-corrected chi connectivity index (χ1v) is 7.75. The minimum Gasteiger partial charge on any atom is -0.504 e. The predicted molar refractivity (Wildman–Crippen MR) is 81.0 cm³/mol. The van der Waals surface area contributed by atoms with Gasteiger partial charge in [0, 0.05) is 6.42 Å². The van der Waals surface area contributed by atoms with Crippen LogP contribution < -0.4 is 0 Å². The van der Waals surface area contributed by atoms with Crippen molar-refractivity contribution in [1.29, 1.82) is 0 Å². The van der Waals surface area contributed by atoms with Gasteiger partial charge in [0.1, 0.15) is 5.57 Å². The Morgan fingerprint density at radius 1 is 1.36 bits per heavy atom. The van der Waals surface area contributed by atoms with E-state index in [1.165, 1.54) is 0 Å². The summed E-state index contributed by atoms with van der Waals surface area (Å²) in [5.74, 6) is -0.877. The van der Waals surface area contributed by atoms with E-state index in [4.69, 9.17) is 4.74 Å². The molecular formula is C17H24O5. The molecule has 0 bridgehead atoms. The third-order valence-corrected chi connectivity index (χ3v) is 4.51. The van der Waals surface area contributed by atoms with Gasteiger partial charge in [0.15, 0.2) is 17.3 Å². The predicted octanol–water partition coefficient (Wildman–Crippen LogP) is 2.91. The van der Waals surface area contributed by atoms with Gasteiger partial charge in [0.05, 0.1) is 12.2 Å². The number of hydrogen-bond acceptors (Lipinski definition) is 5. The van der Waals surface area contributed by atoms with Gasteiger partial charge >= 0.3 is 5.97 Å². The lowest BCUT2D eigenvalue weighted by Crippen LogP contribution is -2.42. The van der Waals surface area contributed by atoms with Crippen molar-refractivity contribution in [1.82, 2.24) is 0 Å². The molecule has 5 nitrogen and oxygen atoms in total. The van der Waals surface area contributed by atoms with E-state index >= 15 is 0 Å². The number of ether oxygens (including phenoxy) is 2. The molecule has 1 fully saturated rings. The number of aliphatic hydroxyl groups is 1. The number of Topliss-reactive ketones (excluding diaryl/α,β-unsaturated/α-hetero) is 1. The molecule has 0 aromatic heterocycles. The van der Waals surface area contributed by atoms with Gasteiger partial charge < -0.3 is 14.6 Å². The van der Waals surface area contributed by atoms with E-state index in [0.717, 1.165) is 6.42 Å². The molecule has 0 aliphatic carbocycles. The summed E-state index contributed by atoms with van der Waals surface area (Å²) in [4.78, 5) is 24.0. The standard InChI is InChI=1S/C17H24O5/c1-8(2)16-10(4)6-9(3)13(22-16)7-12(18)14-15(19)11(5)21-17(14)20/h8-10,13,16,19H,5-7H2,1-4H3/t9-,10-,13+,16+/m0/s1. The van der Waals surface area contributed by atoms with Gasteiger partial charge in [0.2, 0.25) is 0 Å². The smallest absolute Gasteiger partial charge is 0.351 e. The maximum absolute atomic E-state index is 12.3.